The molecule has 0 bridgehead atoms. The SMILES string of the molecule is CNCc1cccc(OCc2cc(=O)n(C)c(=O)n2C)c1. The lowest BCUT2D eigenvalue weighted by molar-refractivity contribution is 0.293. The van der Waals surface area contributed by atoms with Crippen molar-refractivity contribution in [3.05, 3.63) is 62.4 Å². The lowest BCUT2D eigenvalue weighted by atomic mass is 10.2. The van der Waals surface area contributed by atoms with E-state index in [1.165, 1.54) is 17.7 Å². The van der Waals surface area contributed by atoms with Gasteiger partial charge in [0.25, 0.3) is 5.56 Å². The van der Waals surface area contributed by atoms with Crippen LogP contribution in [0.15, 0.2) is 39.9 Å². The molecule has 0 fully saturated rings. The van der Waals surface area contributed by atoms with Gasteiger partial charge in [0.1, 0.15) is 12.4 Å². The van der Waals surface area contributed by atoms with Crippen molar-refractivity contribution in [2.75, 3.05) is 7.05 Å². The van der Waals surface area contributed by atoms with Crippen molar-refractivity contribution < 1.29 is 4.74 Å². The van der Waals surface area contributed by atoms with E-state index < -0.39 is 0 Å². The Kier molecular flexibility index (Phi) is 4.59. The Morgan fingerprint density at radius 3 is 2.62 bits per heavy atom. The first kappa shape index (κ1) is 15.1. The molecule has 2 rings (SSSR count). The molecule has 0 aliphatic heterocycles. The Morgan fingerprint density at radius 2 is 1.90 bits per heavy atom. The van der Waals surface area contributed by atoms with Crippen LogP contribution in [0.5, 0.6) is 5.75 Å². The molecule has 2 aromatic rings. The summed E-state index contributed by atoms with van der Waals surface area (Å²) in [7, 11) is 4.96. The summed E-state index contributed by atoms with van der Waals surface area (Å²) in [6, 6.07) is 9.09. The second kappa shape index (κ2) is 6.41. The molecule has 0 aliphatic rings. The van der Waals surface area contributed by atoms with E-state index in [1.54, 1.807) is 7.05 Å². The monoisotopic (exact) mass is 289 g/mol. The highest BCUT2D eigenvalue weighted by atomic mass is 16.5. The molecule has 21 heavy (non-hydrogen) atoms. The maximum Gasteiger partial charge on any atom is 0.330 e. The lowest BCUT2D eigenvalue weighted by Gasteiger charge is -2.11. The summed E-state index contributed by atoms with van der Waals surface area (Å²) in [6.07, 6.45) is 0. The van der Waals surface area contributed by atoms with Gasteiger partial charge in [0, 0.05) is 26.7 Å². The normalized spacial score (nSPS) is 10.6. The predicted octanol–water partition coefficient (Wildman–Crippen LogP) is 0.382. The summed E-state index contributed by atoms with van der Waals surface area (Å²) in [5.41, 5.74) is 0.959. The second-order valence-corrected chi connectivity index (χ2v) is 4.84. The van der Waals surface area contributed by atoms with Crippen molar-refractivity contribution in [2.45, 2.75) is 13.2 Å². The average Bonchev–Trinajstić information content (AvgIpc) is 2.48. The Balaban J connectivity index is 2.19. The summed E-state index contributed by atoms with van der Waals surface area (Å²) >= 11 is 0. The fourth-order valence-electron chi connectivity index (χ4n) is 2.02. The van der Waals surface area contributed by atoms with Crippen LogP contribution < -0.4 is 21.3 Å². The van der Waals surface area contributed by atoms with Crippen LogP contribution in [-0.4, -0.2) is 16.2 Å². The van der Waals surface area contributed by atoms with Gasteiger partial charge in [-0.15, -0.1) is 0 Å². The Labute approximate surface area is 122 Å². The van der Waals surface area contributed by atoms with Crippen LogP contribution in [0.4, 0.5) is 0 Å². The van der Waals surface area contributed by atoms with E-state index in [2.05, 4.69) is 5.32 Å². The van der Waals surface area contributed by atoms with Crippen LogP contribution >= 0.6 is 0 Å². The van der Waals surface area contributed by atoms with E-state index in [9.17, 15) is 9.59 Å². The molecule has 0 atom stereocenters. The second-order valence-electron chi connectivity index (χ2n) is 4.84. The maximum atomic E-state index is 11.8. The number of nitrogens with one attached hydrogen (secondary N) is 1. The van der Waals surface area contributed by atoms with E-state index in [0.29, 0.717) is 11.4 Å². The molecule has 0 radical (unpaired) electrons. The van der Waals surface area contributed by atoms with Gasteiger partial charge in [-0.3, -0.25) is 13.9 Å². The number of ether oxygens (including phenoxy) is 1. The highest BCUT2D eigenvalue weighted by molar-refractivity contribution is 5.28. The molecule has 0 spiro atoms. The Morgan fingerprint density at radius 1 is 1.14 bits per heavy atom. The third-order valence-corrected chi connectivity index (χ3v) is 3.29. The molecule has 0 amide bonds. The zero-order chi connectivity index (χ0) is 15.4. The number of hydrogen-bond acceptors (Lipinski definition) is 4. The summed E-state index contributed by atoms with van der Waals surface area (Å²) < 4.78 is 8.16. The first-order chi connectivity index (χ1) is 10.0. The van der Waals surface area contributed by atoms with Crippen molar-refractivity contribution in [1.82, 2.24) is 14.5 Å². The minimum atomic E-state index is -0.356. The summed E-state index contributed by atoms with van der Waals surface area (Å²) in [6.45, 7) is 0.923. The van der Waals surface area contributed by atoms with Gasteiger partial charge in [-0.1, -0.05) is 12.1 Å². The summed E-state index contributed by atoms with van der Waals surface area (Å²) in [4.78, 5) is 23.5. The van der Waals surface area contributed by atoms with Gasteiger partial charge >= 0.3 is 5.69 Å². The van der Waals surface area contributed by atoms with Crippen molar-refractivity contribution in [1.29, 1.82) is 0 Å². The van der Waals surface area contributed by atoms with Crippen molar-refractivity contribution >= 4 is 0 Å². The minimum Gasteiger partial charge on any atom is -0.487 e. The lowest BCUT2D eigenvalue weighted by Crippen LogP contribution is -2.38. The van der Waals surface area contributed by atoms with Crippen LogP contribution in [0.1, 0.15) is 11.3 Å². The standard InChI is InChI=1S/C15H19N3O3/c1-16-9-11-5-4-6-13(7-11)21-10-12-8-14(19)18(3)15(20)17(12)2/h4-8,16H,9-10H2,1-3H3. The Hall–Kier alpha value is -2.34. The first-order valence-corrected chi connectivity index (χ1v) is 6.65. The molecule has 1 heterocycles. The molecule has 0 aliphatic carbocycles. The van der Waals surface area contributed by atoms with Crippen molar-refractivity contribution in [3.8, 4) is 5.75 Å². The van der Waals surface area contributed by atoms with Gasteiger partial charge in [0.15, 0.2) is 0 Å². The zero-order valence-corrected chi connectivity index (χ0v) is 12.4. The number of benzene rings is 1. The van der Waals surface area contributed by atoms with Crippen LogP contribution in [-0.2, 0) is 27.2 Å². The molecular formula is C15H19N3O3. The molecule has 112 valence electrons. The third-order valence-electron chi connectivity index (χ3n) is 3.29. The fourth-order valence-corrected chi connectivity index (χ4v) is 2.02. The smallest absolute Gasteiger partial charge is 0.330 e. The van der Waals surface area contributed by atoms with Crippen molar-refractivity contribution in [2.24, 2.45) is 14.1 Å². The van der Waals surface area contributed by atoms with Crippen LogP contribution in [0.3, 0.4) is 0 Å². The number of nitrogens with zero attached hydrogens (tertiary/aromatic N) is 2. The molecule has 0 saturated carbocycles. The predicted molar refractivity (Wildman–Crippen MR) is 80.5 cm³/mol. The summed E-state index contributed by atoms with van der Waals surface area (Å²) in [5.74, 6) is 0.705. The molecule has 0 saturated heterocycles. The number of rotatable bonds is 5. The number of aromatic nitrogens is 2. The van der Waals surface area contributed by atoms with E-state index in [1.807, 2.05) is 31.3 Å². The van der Waals surface area contributed by atoms with Gasteiger partial charge in [-0.05, 0) is 24.7 Å². The topological polar surface area (TPSA) is 65.3 Å². The van der Waals surface area contributed by atoms with E-state index in [4.69, 9.17) is 4.74 Å². The largest absolute Gasteiger partial charge is 0.487 e. The summed E-state index contributed by atoms with van der Waals surface area (Å²) in [5, 5.41) is 3.07. The van der Waals surface area contributed by atoms with E-state index in [0.717, 1.165) is 16.7 Å². The van der Waals surface area contributed by atoms with Crippen molar-refractivity contribution in [3.63, 3.8) is 0 Å². The minimum absolute atomic E-state index is 0.171. The molecular weight excluding hydrogens is 270 g/mol. The zero-order valence-electron chi connectivity index (χ0n) is 12.4. The first-order valence-electron chi connectivity index (χ1n) is 6.65. The molecule has 6 heteroatoms. The Bertz CT molecular complexity index is 747. The quantitative estimate of drug-likeness (QED) is 0.864. The van der Waals surface area contributed by atoms with Gasteiger partial charge in [-0.25, -0.2) is 4.79 Å². The highest BCUT2D eigenvalue weighted by Gasteiger charge is 2.06. The molecule has 0 unspecified atom stereocenters. The fraction of sp³-hybridized carbons (Fsp3) is 0.333. The molecule has 1 aromatic carbocycles. The van der Waals surface area contributed by atoms with E-state index in [-0.39, 0.29) is 17.9 Å². The van der Waals surface area contributed by atoms with Gasteiger partial charge in [0.2, 0.25) is 0 Å². The van der Waals surface area contributed by atoms with E-state index >= 15 is 0 Å². The third kappa shape index (κ3) is 3.41. The number of hydrogen-bond donors (Lipinski definition) is 1. The van der Waals surface area contributed by atoms with Crippen LogP contribution in [0.2, 0.25) is 0 Å². The van der Waals surface area contributed by atoms with Crippen LogP contribution in [0.25, 0.3) is 0 Å². The highest BCUT2D eigenvalue weighted by Crippen LogP contribution is 2.14. The average molecular weight is 289 g/mol. The molecule has 1 aromatic heterocycles. The van der Waals surface area contributed by atoms with Gasteiger partial charge in [0.05, 0.1) is 5.69 Å². The molecule has 1 N–H and O–H groups in total. The maximum absolute atomic E-state index is 11.8. The van der Waals surface area contributed by atoms with Gasteiger partial charge < -0.3 is 10.1 Å². The van der Waals surface area contributed by atoms with Crippen LogP contribution in [0, 0.1) is 0 Å². The van der Waals surface area contributed by atoms with Gasteiger partial charge in [-0.2, -0.15) is 0 Å². The molecule has 6 nitrogen and oxygen atoms in total.